The van der Waals surface area contributed by atoms with Crippen LogP contribution in [0.2, 0.25) is 0 Å². The molecule has 4 aromatic carbocycles. The van der Waals surface area contributed by atoms with Gasteiger partial charge in [0.25, 0.3) is 0 Å². The third-order valence-corrected chi connectivity index (χ3v) is 10.6. The van der Waals surface area contributed by atoms with Gasteiger partial charge in [0, 0.05) is 21.7 Å². The van der Waals surface area contributed by atoms with Crippen LogP contribution in [-0.4, -0.2) is 9.97 Å². The zero-order chi connectivity index (χ0) is 23.1. The fourth-order valence-electron chi connectivity index (χ4n) is 8.76. The maximum Gasteiger partial charge on any atom is 0.0897 e. The Bertz CT molecular complexity index is 1610. The lowest BCUT2D eigenvalue weighted by atomic mass is 9.52. The van der Waals surface area contributed by atoms with E-state index in [0.29, 0.717) is 0 Å². The van der Waals surface area contributed by atoms with Crippen molar-refractivity contribution < 1.29 is 0 Å². The molecule has 2 unspecified atom stereocenters. The largest absolute Gasteiger partial charge is 0.244 e. The van der Waals surface area contributed by atoms with Gasteiger partial charge in [-0.15, -0.1) is 0 Å². The number of hydrogen-bond donors (Lipinski definition) is 0. The van der Waals surface area contributed by atoms with E-state index in [1.165, 1.54) is 33.4 Å². The van der Waals surface area contributed by atoms with Gasteiger partial charge in [-0.25, -0.2) is 9.97 Å². The summed E-state index contributed by atoms with van der Waals surface area (Å²) >= 11 is 0. The van der Waals surface area contributed by atoms with Crippen molar-refractivity contribution in [3.8, 4) is 0 Å². The minimum Gasteiger partial charge on any atom is -0.244 e. The average Bonchev–Trinajstić information content (AvgIpc) is 3.22. The van der Waals surface area contributed by atoms with E-state index in [9.17, 15) is 0 Å². The highest BCUT2D eigenvalue weighted by Gasteiger charge is 2.79. The molecule has 0 saturated carbocycles. The topological polar surface area (TPSA) is 25.8 Å². The Labute approximate surface area is 199 Å². The minimum atomic E-state index is -0.136. The van der Waals surface area contributed by atoms with Crippen molar-refractivity contribution in [2.45, 2.75) is 43.9 Å². The van der Waals surface area contributed by atoms with Gasteiger partial charge in [-0.05, 0) is 57.6 Å². The highest BCUT2D eigenvalue weighted by atomic mass is 14.8. The molecule has 1 heterocycles. The SMILES string of the molecule is CC12c3ccccc3[C@@]3(C)c4cc5nc6ccccc6nc5cc4[C@@](C)(c4ccccc41)C23C. The van der Waals surface area contributed by atoms with Crippen LogP contribution in [-0.2, 0) is 16.2 Å². The maximum absolute atomic E-state index is 5.06. The molecule has 4 atom stereocenters. The van der Waals surface area contributed by atoms with Gasteiger partial charge < -0.3 is 0 Å². The molecule has 5 aromatic rings. The number of benzene rings is 4. The van der Waals surface area contributed by atoms with Crippen LogP contribution < -0.4 is 0 Å². The van der Waals surface area contributed by atoms with E-state index < -0.39 is 0 Å². The Morgan fingerprint density at radius 1 is 0.412 bits per heavy atom. The first kappa shape index (κ1) is 18.9. The molecule has 8 rings (SSSR count). The first-order valence-corrected chi connectivity index (χ1v) is 12.3. The fourth-order valence-corrected chi connectivity index (χ4v) is 8.76. The lowest BCUT2D eigenvalue weighted by Crippen LogP contribution is -2.51. The normalized spacial score (nSPS) is 32.0. The minimum absolute atomic E-state index is 0.0560. The smallest absolute Gasteiger partial charge is 0.0897 e. The highest BCUT2D eigenvalue weighted by Crippen LogP contribution is 2.82. The number of para-hydroxylation sites is 2. The van der Waals surface area contributed by atoms with Gasteiger partial charge >= 0.3 is 0 Å². The Hall–Kier alpha value is -3.52. The summed E-state index contributed by atoms with van der Waals surface area (Å²) in [5.41, 5.74) is 12.2. The van der Waals surface area contributed by atoms with E-state index in [1.54, 1.807) is 0 Å². The Morgan fingerprint density at radius 2 is 0.735 bits per heavy atom. The molecule has 34 heavy (non-hydrogen) atoms. The van der Waals surface area contributed by atoms with Crippen LogP contribution in [0.25, 0.3) is 22.1 Å². The summed E-state index contributed by atoms with van der Waals surface area (Å²) in [6.45, 7) is 10.0. The second-order valence-corrected chi connectivity index (χ2v) is 11.2. The summed E-state index contributed by atoms with van der Waals surface area (Å²) in [6, 6.07) is 31.3. The van der Waals surface area contributed by atoms with Crippen LogP contribution in [0.1, 0.15) is 61.1 Å². The van der Waals surface area contributed by atoms with Crippen molar-refractivity contribution in [2.75, 3.05) is 0 Å². The lowest BCUT2D eigenvalue weighted by Gasteiger charge is -2.49. The lowest BCUT2D eigenvalue weighted by molar-refractivity contribution is 0.0997. The Balaban J connectivity index is 1.60. The molecular formula is C32H26N2. The fraction of sp³-hybridized carbons (Fsp3) is 0.250. The van der Waals surface area contributed by atoms with Crippen LogP contribution >= 0.6 is 0 Å². The molecule has 3 aliphatic carbocycles. The number of rotatable bonds is 0. The molecule has 1 aromatic heterocycles. The zero-order valence-electron chi connectivity index (χ0n) is 20.0. The number of nitrogens with zero attached hydrogens (tertiary/aromatic N) is 2. The van der Waals surface area contributed by atoms with Crippen molar-refractivity contribution in [1.29, 1.82) is 0 Å². The molecule has 0 amide bonds. The molecule has 164 valence electrons. The van der Waals surface area contributed by atoms with Crippen molar-refractivity contribution in [3.63, 3.8) is 0 Å². The van der Waals surface area contributed by atoms with Gasteiger partial charge in [0.1, 0.15) is 0 Å². The monoisotopic (exact) mass is 438 g/mol. The molecule has 0 N–H and O–H groups in total. The highest BCUT2D eigenvalue weighted by molar-refractivity contribution is 5.89. The van der Waals surface area contributed by atoms with E-state index in [-0.39, 0.29) is 21.7 Å². The van der Waals surface area contributed by atoms with Crippen LogP contribution in [0.3, 0.4) is 0 Å². The third kappa shape index (κ3) is 1.59. The molecule has 0 spiro atoms. The average molecular weight is 439 g/mol. The van der Waals surface area contributed by atoms with E-state index in [2.05, 4.69) is 100 Å². The van der Waals surface area contributed by atoms with Crippen LogP contribution in [0.15, 0.2) is 84.9 Å². The molecule has 0 bridgehead atoms. The summed E-state index contributed by atoms with van der Waals surface area (Å²) in [6.07, 6.45) is 0. The van der Waals surface area contributed by atoms with Gasteiger partial charge in [-0.3, -0.25) is 0 Å². The molecule has 0 radical (unpaired) electrons. The molecule has 0 saturated heterocycles. The Morgan fingerprint density at radius 3 is 1.12 bits per heavy atom. The zero-order valence-corrected chi connectivity index (χ0v) is 20.0. The molecule has 2 heteroatoms. The standard InChI is InChI=1S/C32H26N2/c1-29-19-11-5-7-13-21(19)30(2)23-17-27-28(34-26-16-10-9-15-25(26)33-27)18-24(23)31(3,32(29,30)4)22-14-8-6-12-20(22)29/h5-18H,1-4H3/t29?,30-,31+,32?. The van der Waals surface area contributed by atoms with Gasteiger partial charge in [0.2, 0.25) is 0 Å². The molecule has 0 fully saturated rings. The molecule has 3 aliphatic rings. The first-order valence-electron chi connectivity index (χ1n) is 12.3. The summed E-state index contributed by atoms with van der Waals surface area (Å²) < 4.78 is 0. The van der Waals surface area contributed by atoms with E-state index in [0.717, 1.165) is 22.1 Å². The third-order valence-electron chi connectivity index (χ3n) is 10.6. The molecule has 0 aliphatic heterocycles. The van der Waals surface area contributed by atoms with Crippen LogP contribution in [0.4, 0.5) is 0 Å². The van der Waals surface area contributed by atoms with E-state index >= 15 is 0 Å². The van der Waals surface area contributed by atoms with Crippen molar-refractivity contribution in [2.24, 2.45) is 5.41 Å². The van der Waals surface area contributed by atoms with E-state index in [1.807, 2.05) is 12.1 Å². The van der Waals surface area contributed by atoms with Crippen LogP contribution in [0, 0.1) is 5.41 Å². The van der Waals surface area contributed by atoms with E-state index in [4.69, 9.17) is 9.97 Å². The quantitative estimate of drug-likeness (QED) is 0.242. The number of aromatic nitrogens is 2. The summed E-state index contributed by atoms with van der Waals surface area (Å²) in [5.74, 6) is 0. The van der Waals surface area contributed by atoms with Gasteiger partial charge in [0.05, 0.1) is 22.1 Å². The molecular weight excluding hydrogens is 412 g/mol. The van der Waals surface area contributed by atoms with Crippen molar-refractivity contribution >= 4 is 22.1 Å². The second kappa shape index (κ2) is 5.41. The summed E-state index contributed by atoms with van der Waals surface area (Å²) in [5, 5.41) is 0. The van der Waals surface area contributed by atoms with Crippen molar-refractivity contribution in [1.82, 2.24) is 9.97 Å². The Kier molecular flexibility index (Phi) is 3.00. The predicted octanol–water partition coefficient (Wildman–Crippen LogP) is 7.05. The molecule has 2 nitrogen and oxygen atoms in total. The number of hydrogen-bond acceptors (Lipinski definition) is 2. The van der Waals surface area contributed by atoms with Crippen LogP contribution in [0.5, 0.6) is 0 Å². The van der Waals surface area contributed by atoms with Crippen molar-refractivity contribution in [3.05, 3.63) is 118 Å². The second-order valence-electron chi connectivity index (χ2n) is 11.2. The summed E-state index contributed by atoms with van der Waals surface area (Å²) in [7, 11) is 0. The van der Waals surface area contributed by atoms with Gasteiger partial charge in [-0.2, -0.15) is 0 Å². The maximum atomic E-state index is 5.06. The van der Waals surface area contributed by atoms with Gasteiger partial charge in [0.15, 0.2) is 0 Å². The predicted molar refractivity (Wildman–Crippen MR) is 137 cm³/mol. The summed E-state index contributed by atoms with van der Waals surface area (Å²) in [4.78, 5) is 10.1. The first-order chi connectivity index (χ1) is 16.4. The number of fused-ring (bicyclic) bond motifs is 11. The van der Waals surface area contributed by atoms with Gasteiger partial charge in [-0.1, -0.05) is 88.4 Å².